The quantitative estimate of drug-likeness (QED) is 0.401. The number of carbonyl (C=O) groups excluding carboxylic acids is 2. The molecule has 0 heterocycles. The van der Waals surface area contributed by atoms with Gasteiger partial charge in [0.15, 0.2) is 11.5 Å². The zero-order chi connectivity index (χ0) is 20.5. The van der Waals surface area contributed by atoms with Crippen LogP contribution in [0.15, 0.2) is 47.6 Å². The number of amides is 2. The van der Waals surface area contributed by atoms with Crippen LogP contribution in [0.25, 0.3) is 0 Å². The summed E-state index contributed by atoms with van der Waals surface area (Å²) in [6.07, 6.45) is 1.16. The fourth-order valence-electron chi connectivity index (χ4n) is 2.22. The lowest BCUT2D eigenvalue weighted by atomic mass is 10.2. The molecular formula is C18H18N4O6. The van der Waals surface area contributed by atoms with E-state index in [9.17, 15) is 19.7 Å². The van der Waals surface area contributed by atoms with Crippen molar-refractivity contribution >= 4 is 23.7 Å². The average Bonchev–Trinajstić information content (AvgIpc) is 2.71. The van der Waals surface area contributed by atoms with Gasteiger partial charge in [-0.3, -0.25) is 19.7 Å². The van der Waals surface area contributed by atoms with Crippen molar-refractivity contribution in [1.82, 2.24) is 10.7 Å². The van der Waals surface area contributed by atoms with Crippen molar-refractivity contribution in [2.75, 3.05) is 20.8 Å². The Morgan fingerprint density at radius 2 is 1.86 bits per heavy atom. The van der Waals surface area contributed by atoms with Gasteiger partial charge in [-0.05, 0) is 24.3 Å². The smallest absolute Gasteiger partial charge is 0.278 e. The third-order valence-electron chi connectivity index (χ3n) is 3.58. The maximum absolute atomic E-state index is 12.1. The number of hydrogen-bond acceptors (Lipinski definition) is 7. The Hall–Kier alpha value is -3.95. The van der Waals surface area contributed by atoms with Gasteiger partial charge in [0.2, 0.25) is 0 Å². The molecule has 0 aliphatic rings. The third kappa shape index (κ3) is 5.27. The van der Waals surface area contributed by atoms with E-state index >= 15 is 0 Å². The fraction of sp³-hybridized carbons (Fsp3) is 0.167. The molecule has 146 valence electrons. The number of nitrogens with one attached hydrogen (secondary N) is 2. The van der Waals surface area contributed by atoms with Crippen LogP contribution in [0.1, 0.15) is 15.9 Å². The first kappa shape index (κ1) is 20.4. The molecule has 10 nitrogen and oxygen atoms in total. The van der Waals surface area contributed by atoms with Gasteiger partial charge in [0.1, 0.15) is 0 Å². The molecule has 0 saturated carbocycles. The standard InChI is InChI=1S/C18H18N4O6/c1-27-15-8-7-12(9-16(15)28-2)18(24)19-11-17(23)21-20-10-13-5-3-4-6-14(13)22(25)26/h3-10H,11H2,1-2H3,(H,19,24)(H,21,23)/b20-10+. The lowest BCUT2D eigenvalue weighted by molar-refractivity contribution is -0.385. The van der Waals surface area contributed by atoms with E-state index in [1.165, 1.54) is 44.6 Å². The van der Waals surface area contributed by atoms with Crippen LogP contribution in [-0.2, 0) is 4.79 Å². The normalized spacial score (nSPS) is 10.4. The second-order valence-electron chi connectivity index (χ2n) is 5.36. The molecule has 2 aromatic rings. The number of methoxy groups -OCH3 is 2. The molecule has 2 amide bonds. The maximum Gasteiger partial charge on any atom is 0.278 e. The number of hydrazone groups is 1. The molecule has 0 aromatic heterocycles. The molecule has 10 heteroatoms. The van der Waals surface area contributed by atoms with E-state index in [0.29, 0.717) is 11.5 Å². The monoisotopic (exact) mass is 386 g/mol. The molecule has 0 saturated heterocycles. The number of benzene rings is 2. The van der Waals surface area contributed by atoms with Gasteiger partial charge in [0, 0.05) is 11.6 Å². The average molecular weight is 386 g/mol. The third-order valence-corrected chi connectivity index (χ3v) is 3.58. The molecular weight excluding hydrogens is 368 g/mol. The first-order chi connectivity index (χ1) is 13.5. The highest BCUT2D eigenvalue weighted by molar-refractivity contribution is 5.97. The topological polar surface area (TPSA) is 132 Å². The maximum atomic E-state index is 12.1. The number of nitro groups is 1. The van der Waals surface area contributed by atoms with E-state index < -0.39 is 16.7 Å². The summed E-state index contributed by atoms with van der Waals surface area (Å²) in [5.74, 6) is -0.225. The molecule has 0 spiro atoms. The van der Waals surface area contributed by atoms with Crippen LogP contribution in [-0.4, -0.2) is 43.7 Å². The SMILES string of the molecule is COc1ccc(C(=O)NCC(=O)N/N=C/c2ccccc2[N+](=O)[O-])cc1OC. The van der Waals surface area contributed by atoms with Crippen molar-refractivity contribution in [3.63, 3.8) is 0 Å². The number of carbonyl (C=O) groups is 2. The molecule has 0 radical (unpaired) electrons. The molecule has 0 bridgehead atoms. The minimum Gasteiger partial charge on any atom is -0.493 e. The van der Waals surface area contributed by atoms with Crippen molar-refractivity contribution in [3.05, 3.63) is 63.7 Å². The second kappa shape index (κ2) is 9.67. The number of nitro benzene ring substituents is 1. The number of rotatable bonds is 8. The first-order valence-corrected chi connectivity index (χ1v) is 8.01. The van der Waals surface area contributed by atoms with E-state index in [4.69, 9.17) is 9.47 Å². The van der Waals surface area contributed by atoms with Crippen LogP contribution in [0.2, 0.25) is 0 Å². The number of nitrogens with zero attached hydrogens (tertiary/aromatic N) is 2. The van der Waals surface area contributed by atoms with Crippen molar-refractivity contribution < 1.29 is 24.0 Å². The molecule has 0 fully saturated rings. The Balaban J connectivity index is 1.91. The summed E-state index contributed by atoms with van der Waals surface area (Å²) in [5, 5.41) is 17.0. The highest BCUT2D eigenvalue weighted by atomic mass is 16.6. The minimum absolute atomic E-state index is 0.137. The van der Waals surface area contributed by atoms with Crippen molar-refractivity contribution in [1.29, 1.82) is 0 Å². The van der Waals surface area contributed by atoms with Crippen LogP contribution in [0.3, 0.4) is 0 Å². The van der Waals surface area contributed by atoms with Gasteiger partial charge < -0.3 is 14.8 Å². The van der Waals surface area contributed by atoms with Gasteiger partial charge in [0.05, 0.1) is 37.5 Å². The molecule has 2 rings (SSSR count). The summed E-state index contributed by atoms with van der Waals surface area (Å²) < 4.78 is 10.2. The van der Waals surface area contributed by atoms with E-state index in [1.807, 2.05) is 0 Å². The lowest BCUT2D eigenvalue weighted by Gasteiger charge is -2.09. The van der Waals surface area contributed by atoms with Crippen molar-refractivity contribution in [3.8, 4) is 11.5 Å². The first-order valence-electron chi connectivity index (χ1n) is 8.01. The van der Waals surface area contributed by atoms with E-state index in [2.05, 4.69) is 15.8 Å². The zero-order valence-corrected chi connectivity index (χ0v) is 15.2. The predicted molar refractivity (Wildman–Crippen MR) is 101 cm³/mol. The summed E-state index contributed by atoms with van der Waals surface area (Å²) in [4.78, 5) is 34.3. The van der Waals surface area contributed by atoms with Gasteiger partial charge in [-0.15, -0.1) is 0 Å². The largest absolute Gasteiger partial charge is 0.493 e. The number of ether oxygens (including phenoxy) is 2. The van der Waals surface area contributed by atoms with E-state index in [0.717, 1.165) is 6.21 Å². The van der Waals surface area contributed by atoms with Crippen LogP contribution in [0, 0.1) is 10.1 Å². The number of para-hydroxylation sites is 1. The van der Waals surface area contributed by atoms with Crippen LogP contribution < -0.4 is 20.2 Å². The summed E-state index contributed by atoms with van der Waals surface area (Å²) in [6, 6.07) is 10.5. The molecule has 0 aliphatic heterocycles. The Morgan fingerprint density at radius 3 is 2.54 bits per heavy atom. The van der Waals surface area contributed by atoms with Crippen LogP contribution in [0.5, 0.6) is 11.5 Å². The molecule has 2 N–H and O–H groups in total. The lowest BCUT2D eigenvalue weighted by Crippen LogP contribution is -2.34. The minimum atomic E-state index is -0.594. The van der Waals surface area contributed by atoms with Crippen LogP contribution in [0.4, 0.5) is 5.69 Å². The Morgan fingerprint density at radius 1 is 1.14 bits per heavy atom. The second-order valence-corrected chi connectivity index (χ2v) is 5.36. The van der Waals surface area contributed by atoms with Crippen molar-refractivity contribution in [2.45, 2.75) is 0 Å². The molecule has 0 atom stereocenters. The van der Waals surface area contributed by atoms with Gasteiger partial charge >= 0.3 is 0 Å². The van der Waals surface area contributed by atoms with Crippen LogP contribution >= 0.6 is 0 Å². The zero-order valence-electron chi connectivity index (χ0n) is 15.2. The predicted octanol–water partition coefficient (Wildman–Crippen LogP) is 1.49. The van der Waals surface area contributed by atoms with Crippen molar-refractivity contribution in [2.24, 2.45) is 5.10 Å². The van der Waals surface area contributed by atoms with E-state index in [-0.39, 0.29) is 23.4 Å². The fourth-order valence-corrected chi connectivity index (χ4v) is 2.22. The van der Waals surface area contributed by atoms with Gasteiger partial charge in [-0.1, -0.05) is 12.1 Å². The summed E-state index contributed by atoms with van der Waals surface area (Å²) >= 11 is 0. The highest BCUT2D eigenvalue weighted by Gasteiger charge is 2.12. The van der Waals surface area contributed by atoms with E-state index in [1.54, 1.807) is 12.1 Å². The Labute approximate surface area is 160 Å². The summed E-state index contributed by atoms with van der Waals surface area (Å²) in [5.41, 5.74) is 2.58. The molecule has 0 unspecified atom stereocenters. The highest BCUT2D eigenvalue weighted by Crippen LogP contribution is 2.27. The van der Waals surface area contributed by atoms with Gasteiger partial charge in [-0.2, -0.15) is 5.10 Å². The number of hydrogen-bond donors (Lipinski definition) is 2. The molecule has 2 aromatic carbocycles. The van der Waals surface area contributed by atoms with Gasteiger partial charge in [-0.25, -0.2) is 5.43 Å². The summed E-state index contributed by atoms with van der Waals surface area (Å²) in [6.45, 7) is -0.332. The molecule has 28 heavy (non-hydrogen) atoms. The Bertz CT molecular complexity index is 913. The summed E-state index contributed by atoms with van der Waals surface area (Å²) in [7, 11) is 2.93. The molecule has 0 aliphatic carbocycles. The Kier molecular flexibility index (Phi) is 7.03. The van der Waals surface area contributed by atoms with Gasteiger partial charge in [0.25, 0.3) is 17.5 Å².